The Bertz CT molecular complexity index is 206. The zero-order valence-electron chi connectivity index (χ0n) is 6.82. The molecule has 0 saturated carbocycles. The first-order valence-electron chi connectivity index (χ1n) is 3.85. The van der Waals surface area contributed by atoms with Crippen molar-refractivity contribution in [3.8, 4) is 0 Å². The van der Waals surface area contributed by atoms with Crippen LogP contribution >= 0.6 is 0 Å². The quantitative estimate of drug-likeness (QED) is 0.297. The van der Waals surface area contributed by atoms with Crippen molar-refractivity contribution in [1.29, 1.82) is 0 Å². The predicted octanol–water partition coefficient (Wildman–Crippen LogP) is -0.874. The molecule has 0 radical (unpaired) electrons. The number of nitrogens with zero attached hydrogens (tertiary/aromatic N) is 3. The molecule has 0 aromatic heterocycles. The summed E-state index contributed by atoms with van der Waals surface area (Å²) in [5.41, 5.74) is 8.01. The van der Waals surface area contributed by atoms with E-state index >= 15 is 0 Å². The summed E-state index contributed by atoms with van der Waals surface area (Å²) < 4.78 is 4.85. The van der Waals surface area contributed by atoms with Gasteiger partial charge in [-0.25, -0.2) is 0 Å². The normalized spacial score (nSPS) is 39.6. The summed E-state index contributed by atoms with van der Waals surface area (Å²) in [5.74, 6) is 0. The van der Waals surface area contributed by atoms with Crippen LogP contribution in [0.4, 0.5) is 0 Å². The van der Waals surface area contributed by atoms with E-state index in [1.165, 1.54) is 0 Å². The lowest BCUT2D eigenvalue weighted by Gasteiger charge is -2.33. The summed E-state index contributed by atoms with van der Waals surface area (Å²) in [6.07, 6.45) is -4.13. The first-order valence-corrected chi connectivity index (χ1v) is 3.85. The molecule has 1 aliphatic heterocycles. The maximum absolute atomic E-state index is 9.19. The molecule has 0 unspecified atom stereocenters. The number of ether oxygens (including phenoxy) is 1. The van der Waals surface area contributed by atoms with Gasteiger partial charge in [-0.1, -0.05) is 5.11 Å². The van der Waals surface area contributed by atoms with E-state index in [-0.39, 0.29) is 13.0 Å². The molecule has 1 heterocycles. The topological polar surface area (TPSA) is 119 Å². The Hall–Kier alpha value is -0.850. The second kappa shape index (κ2) is 4.40. The summed E-state index contributed by atoms with van der Waals surface area (Å²) in [7, 11) is 0. The van der Waals surface area contributed by atoms with E-state index in [4.69, 9.17) is 20.5 Å². The van der Waals surface area contributed by atoms with Crippen molar-refractivity contribution in [3.05, 3.63) is 10.4 Å². The van der Waals surface area contributed by atoms with Crippen molar-refractivity contribution in [2.45, 2.75) is 31.0 Å². The van der Waals surface area contributed by atoms with E-state index in [9.17, 15) is 5.11 Å². The molecule has 74 valence electrons. The van der Waals surface area contributed by atoms with Crippen LogP contribution in [0, 0.1) is 0 Å². The summed E-state index contributed by atoms with van der Waals surface area (Å²) >= 11 is 0. The van der Waals surface area contributed by atoms with Gasteiger partial charge >= 0.3 is 0 Å². The third-order valence-corrected chi connectivity index (χ3v) is 1.87. The summed E-state index contributed by atoms with van der Waals surface area (Å²) in [4.78, 5) is 2.52. The molecular weight excluding hydrogens is 178 g/mol. The molecule has 4 atom stereocenters. The highest BCUT2D eigenvalue weighted by molar-refractivity contribution is 4.81. The minimum Gasteiger partial charge on any atom is -0.390 e. The second-order valence-corrected chi connectivity index (χ2v) is 2.86. The minimum atomic E-state index is -1.41. The van der Waals surface area contributed by atoms with Crippen LogP contribution < -0.4 is 0 Å². The predicted molar refractivity (Wildman–Crippen MR) is 41.5 cm³/mol. The Labute approximate surface area is 74.2 Å². The highest BCUT2D eigenvalue weighted by atomic mass is 16.6. The van der Waals surface area contributed by atoms with Crippen molar-refractivity contribution in [1.82, 2.24) is 0 Å². The van der Waals surface area contributed by atoms with Crippen LogP contribution in [0.3, 0.4) is 0 Å². The number of aliphatic hydroxyl groups is 3. The van der Waals surface area contributed by atoms with Crippen molar-refractivity contribution < 1.29 is 20.1 Å². The number of rotatable bonds is 2. The standard InChI is InChI=1S/C6H11N3O4/c7-9-8-2-3-1-4(10)5(11)6(12)13-3/h3-6,10-12H,1-2H2/t3-,4+,5+,6-/m1/s1. The van der Waals surface area contributed by atoms with E-state index in [1.807, 2.05) is 0 Å². The second-order valence-electron chi connectivity index (χ2n) is 2.86. The zero-order valence-corrected chi connectivity index (χ0v) is 6.82. The summed E-state index contributed by atoms with van der Waals surface area (Å²) in [5, 5.41) is 30.5. The maximum atomic E-state index is 9.19. The van der Waals surface area contributed by atoms with E-state index in [0.717, 1.165) is 0 Å². The molecule has 7 nitrogen and oxygen atoms in total. The van der Waals surface area contributed by atoms with E-state index in [0.29, 0.717) is 0 Å². The average Bonchev–Trinajstić information content (AvgIpc) is 2.10. The Kier molecular flexibility index (Phi) is 3.47. The van der Waals surface area contributed by atoms with Gasteiger partial charge in [0.1, 0.15) is 6.10 Å². The number of hydrogen-bond acceptors (Lipinski definition) is 5. The van der Waals surface area contributed by atoms with Gasteiger partial charge in [-0.2, -0.15) is 0 Å². The van der Waals surface area contributed by atoms with Gasteiger partial charge in [-0.05, 0) is 5.53 Å². The Morgan fingerprint density at radius 1 is 1.46 bits per heavy atom. The van der Waals surface area contributed by atoms with Crippen molar-refractivity contribution >= 4 is 0 Å². The van der Waals surface area contributed by atoms with Gasteiger partial charge in [-0.15, -0.1) is 0 Å². The van der Waals surface area contributed by atoms with Crippen LogP contribution in [0.2, 0.25) is 0 Å². The van der Waals surface area contributed by atoms with E-state index < -0.39 is 24.6 Å². The lowest BCUT2D eigenvalue weighted by molar-refractivity contribution is -0.244. The van der Waals surface area contributed by atoms with Crippen LogP contribution in [0.25, 0.3) is 10.4 Å². The Balaban J connectivity index is 2.48. The molecule has 1 aliphatic rings. The SMILES string of the molecule is [N-]=[N+]=NC[C@H]1C[C@H](O)[C@H](O)[C@H](O)O1. The smallest absolute Gasteiger partial charge is 0.183 e. The third-order valence-electron chi connectivity index (χ3n) is 1.87. The molecule has 1 fully saturated rings. The van der Waals surface area contributed by atoms with Crippen LogP contribution in [-0.4, -0.2) is 46.5 Å². The number of hydrogen-bond donors (Lipinski definition) is 3. The summed E-state index contributed by atoms with van der Waals surface area (Å²) in [6.45, 7) is 0.0390. The molecule has 1 rings (SSSR count). The molecule has 0 bridgehead atoms. The van der Waals surface area contributed by atoms with Gasteiger partial charge in [-0.3, -0.25) is 0 Å². The Morgan fingerprint density at radius 3 is 2.69 bits per heavy atom. The van der Waals surface area contributed by atoms with Gasteiger partial charge in [0.2, 0.25) is 0 Å². The van der Waals surface area contributed by atoms with Gasteiger partial charge < -0.3 is 20.1 Å². The molecule has 13 heavy (non-hydrogen) atoms. The average molecular weight is 189 g/mol. The fourth-order valence-corrected chi connectivity index (χ4v) is 1.18. The van der Waals surface area contributed by atoms with Gasteiger partial charge in [0, 0.05) is 11.3 Å². The molecule has 3 N–H and O–H groups in total. The minimum absolute atomic E-state index is 0.0390. The van der Waals surface area contributed by atoms with Crippen LogP contribution in [0.1, 0.15) is 6.42 Å². The monoisotopic (exact) mass is 189 g/mol. The first kappa shape index (κ1) is 10.2. The third kappa shape index (κ3) is 2.55. The molecule has 0 spiro atoms. The lowest BCUT2D eigenvalue weighted by Crippen LogP contribution is -2.48. The lowest BCUT2D eigenvalue weighted by atomic mass is 10.0. The fraction of sp³-hybridized carbons (Fsp3) is 1.00. The van der Waals surface area contributed by atoms with Gasteiger partial charge in [0.05, 0.1) is 18.8 Å². The largest absolute Gasteiger partial charge is 0.390 e. The van der Waals surface area contributed by atoms with Crippen molar-refractivity contribution in [2.75, 3.05) is 6.54 Å². The highest BCUT2D eigenvalue weighted by Crippen LogP contribution is 2.18. The molecule has 7 heteroatoms. The number of azide groups is 1. The van der Waals surface area contributed by atoms with Crippen molar-refractivity contribution in [3.63, 3.8) is 0 Å². The maximum Gasteiger partial charge on any atom is 0.183 e. The zero-order chi connectivity index (χ0) is 9.84. The van der Waals surface area contributed by atoms with Crippen molar-refractivity contribution in [2.24, 2.45) is 5.11 Å². The van der Waals surface area contributed by atoms with Crippen LogP contribution in [0.15, 0.2) is 5.11 Å². The van der Waals surface area contributed by atoms with Crippen LogP contribution in [-0.2, 0) is 4.74 Å². The molecule has 0 aromatic carbocycles. The van der Waals surface area contributed by atoms with Gasteiger partial charge in [0.25, 0.3) is 0 Å². The van der Waals surface area contributed by atoms with E-state index in [2.05, 4.69) is 10.0 Å². The molecule has 0 aromatic rings. The van der Waals surface area contributed by atoms with Crippen LogP contribution in [0.5, 0.6) is 0 Å². The Morgan fingerprint density at radius 2 is 2.15 bits per heavy atom. The fourth-order valence-electron chi connectivity index (χ4n) is 1.18. The molecule has 1 saturated heterocycles. The van der Waals surface area contributed by atoms with E-state index in [1.54, 1.807) is 0 Å². The first-order chi connectivity index (χ1) is 6.15. The molecule has 0 aliphatic carbocycles. The summed E-state index contributed by atoms with van der Waals surface area (Å²) in [6, 6.07) is 0. The molecular formula is C6H11N3O4. The highest BCUT2D eigenvalue weighted by Gasteiger charge is 2.34. The van der Waals surface area contributed by atoms with Gasteiger partial charge in [0.15, 0.2) is 6.29 Å². The number of aliphatic hydroxyl groups excluding tert-OH is 3. The molecule has 0 amide bonds.